The van der Waals surface area contributed by atoms with Gasteiger partial charge in [0.2, 0.25) is 0 Å². The Kier molecular flexibility index (Phi) is 2.90. The molecular weight excluding hydrogens is 208 g/mol. The third-order valence-corrected chi connectivity index (χ3v) is 2.24. The molecule has 6 heteroatoms. The molecule has 1 aromatic carbocycles. The van der Waals surface area contributed by atoms with Crippen LogP contribution in [0.25, 0.3) is 0 Å². The summed E-state index contributed by atoms with van der Waals surface area (Å²) in [4.78, 5) is 10.8. The zero-order valence-electron chi connectivity index (χ0n) is 8.39. The maximum atomic E-state index is 10.8. The molecule has 0 saturated heterocycles. The van der Waals surface area contributed by atoms with E-state index in [0.29, 0.717) is 0 Å². The van der Waals surface area contributed by atoms with Gasteiger partial charge in [-0.25, -0.2) is 4.68 Å². The van der Waals surface area contributed by atoms with Crippen molar-refractivity contribution in [2.45, 2.75) is 12.5 Å². The summed E-state index contributed by atoms with van der Waals surface area (Å²) in [5.74, 6) is -0.885. The third kappa shape index (κ3) is 2.22. The zero-order chi connectivity index (χ0) is 11.4. The van der Waals surface area contributed by atoms with Crippen molar-refractivity contribution in [2.24, 2.45) is 0 Å². The van der Waals surface area contributed by atoms with Gasteiger partial charge < -0.3 is 5.11 Å². The second-order valence-electron chi connectivity index (χ2n) is 3.31. The SMILES string of the molecule is O=C(O)C[C@H](c1ccccc1)n1cnnn1. The molecule has 2 rings (SSSR count). The Morgan fingerprint density at radius 3 is 2.69 bits per heavy atom. The largest absolute Gasteiger partial charge is 0.481 e. The molecule has 16 heavy (non-hydrogen) atoms. The number of hydrogen-bond acceptors (Lipinski definition) is 4. The van der Waals surface area contributed by atoms with Gasteiger partial charge in [-0.15, -0.1) is 5.10 Å². The molecule has 1 N–H and O–H groups in total. The maximum absolute atomic E-state index is 10.8. The quantitative estimate of drug-likeness (QED) is 0.818. The number of benzene rings is 1. The van der Waals surface area contributed by atoms with Crippen LogP contribution in [0.2, 0.25) is 0 Å². The summed E-state index contributed by atoms with van der Waals surface area (Å²) in [6.45, 7) is 0. The molecule has 2 aromatic rings. The normalized spacial score (nSPS) is 12.2. The van der Waals surface area contributed by atoms with Gasteiger partial charge in [-0.05, 0) is 16.0 Å². The van der Waals surface area contributed by atoms with Crippen molar-refractivity contribution >= 4 is 5.97 Å². The second kappa shape index (κ2) is 4.52. The van der Waals surface area contributed by atoms with E-state index >= 15 is 0 Å². The Bertz CT molecular complexity index is 455. The molecule has 0 bridgehead atoms. The van der Waals surface area contributed by atoms with Crippen molar-refractivity contribution in [1.82, 2.24) is 20.2 Å². The van der Waals surface area contributed by atoms with E-state index in [-0.39, 0.29) is 12.5 Å². The fourth-order valence-electron chi connectivity index (χ4n) is 1.52. The van der Waals surface area contributed by atoms with Crippen LogP contribution in [-0.2, 0) is 4.79 Å². The number of carboxylic acid groups (broad SMARTS) is 1. The third-order valence-electron chi connectivity index (χ3n) is 2.24. The minimum atomic E-state index is -0.885. The fourth-order valence-corrected chi connectivity index (χ4v) is 1.52. The lowest BCUT2D eigenvalue weighted by Gasteiger charge is -2.14. The number of nitrogens with zero attached hydrogens (tertiary/aromatic N) is 4. The van der Waals surface area contributed by atoms with Crippen LogP contribution in [0.5, 0.6) is 0 Å². The molecule has 0 radical (unpaired) electrons. The number of hydrogen-bond donors (Lipinski definition) is 1. The highest BCUT2D eigenvalue weighted by molar-refractivity contribution is 5.68. The Labute approximate surface area is 91.5 Å². The van der Waals surface area contributed by atoms with E-state index in [4.69, 9.17) is 5.11 Å². The lowest BCUT2D eigenvalue weighted by molar-refractivity contribution is -0.137. The van der Waals surface area contributed by atoms with Gasteiger partial charge >= 0.3 is 5.97 Å². The van der Waals surface area contributed by atoms with Gasteiger partial charge in [-0.3, -0.25) is 4.79 Å². The van der Waals surface area contributed by atoms with Crippen LogP contribution in [0.15, 0.2) is 36.7 Å². The van der Waals surface area contributed by atoms with Crippen LogP contribution in [0.4, 0.5) is 0 Å². The van der Waals surface area contributed by atoms with E-state index in [1.165, 1.54) is 11.0 Å². The van der Waals surface area contributed by atoms with Gasteiger partial charge in [0, 0.05) is 0 Å². The molecule has 0 aliphatic heterocycles. The first kappa shape index (κ1) is 10.3. The van der Waals surface area contributed by atoms with Crippen molar-refractivity contribution < 1.29 is 9.90 Å². The molecule has 6 nitrogen and oxygen atoms in total. The average molecular weight is 218 g/mol. The molecule has 0 aliphatic carbocycles. The Morgan fingerprint density at radius 2 is 2.12 bits per heavy atom. The number of carbonyl (C=O) groups is 1. The van der Waals surface area contributed by atoms with Gasteiger partial charge in [0.1, 0.15) is 6.33 Å². The second-order valence-corrected chi connectivity index (χ2v) is 3.31. The first-order chi connectivity index (χ1) is 7.77. The number of tetrazole rings is 1. The predicted octanol–water partition coefficient (Wildman–Crippen LogP) is 0.737. The monoisotopic (exact) mass is 218 g/mol. The molecule has 1 atom stereocenters. The highest BCUT2D eigenvalue weighted by Crippen LogP contribution is 2.19. The van der Waals surface area contributed by atoms with Crippen LogP contribution in [-0.4, -0.2) is 31.3 Å². The zero-order valence-corrected chi connectivity index (χ0v) is 8.39. The van der Waals surface area contributed by atoms with E-state index in [9.17, 15) is 4.79 Å². The fraction of sp³-hybridized carbons (Fsp3) is 0.200. The predicted molar refractivity (Wildman–Crippen MR) is 54.7 cm³/mol. The summed E-state index contributed by atoms with van der Waals surface area (Å²) >= 11 is 0. The van der Waals surface area contributed by atoms with E-state index in [0.717, 1.165) is 5.56 Å². The smallest absolute Gasteiger partial charge is 0.305 e. The molecular formula is C10H10N4O2. The van der Waals surface area contributed by atoms with E-state index in [2.05, 4.69) is 15.5 Å². The van der Waals surface area contributed by atoms with Gasteiger partial charge in [-0.2, -0.15) is 0 Å². The Hall–Kier alpha value is -2.24. The molecule has 0 unspecified atom stereocenters. The van der Waals surface area contributed by atoms with Crippen molar-refractivity contribution in [3.8, 4) is 0 Å². The number of rotatable bonds is 4. The Balaban J connectivity index is 2.32. The van der Waals surface area contributed by atoms with Crippen LogP contribution in [0.3, 0.4) is 0 Å². The molecule has 0 spiro atoms. The molecule has 1 aromatic heterocycles. The van der Waals surface area contributed by atoms with E-state index < -0.39 is 5.97 Å². The molecule has 0 amide bonds. The molecule has 0 fully saturated rings. The number of aliphatic carboxylic acids is 1. The topological polar surface area (TPSA) is 80.9 Å². The van der Waals surface area contributed by atoms with Gasteiger partial charge in [0.05, 0.1) is 12.5 Å². The highest BCUT2D eigenvalue weighted by Gasteiger charge is 2.18. The average Bonchev–Trinajstić information content (AvgIpc) is 2.80. The summed E-state index contributed by atoms with van der Waals surface area (Å²) in [6.07, 6.45) is 1.37. The van der Waals surface area contributed by atoms with E-state index in [1.807, 2.05) is 30.3 Å². The van der Waals surface area contributed by atoms with Gasteiger partial charge in [-0.1, -0.05) is 30.3 Å². The maximum Gasteiger partial charge on any atom is 0.305 e. The van der Waals surface area contributed by atoms with Crippen LogP contribution < -0.4 is 0 Å². The standard InChI is InChI=1S/C10H10N4O2/c15-10(16)6-9(14-7-11-12-13-14)8-4-2-1-3-5-8/h1-5,7,9H,6H2,(H,15,16)/t9-/m1/s1. The first-order valence-corrected chi connectivity index (χ1v) is 4.76. The summed E-state index contributed by atoms with van der Waals surface area (Å²) in [5, 5.41) is 19.6. The Morgan fingerprint density at radius 1 is 1.38 bits per heavy atom. The number of carboxylic acids is 1. The lowest BCUT2D eigenvalue weighted by Crippen LogP contribution is -2.15. The van der Waals surface area contributed by atoms with Crippen molar-refractivity contribution in [2.75, 3.05) is 0 Å². The van der Waals surface area contributed by atoms with Crippen LogP contribution >= 0.6 is 0 Å². The molecule has 0 saturated carbocycles. The van der Waals surface area contributed by atoms with Gasteiger partial charge in [0.25, 0.3) is 0 Å². The van der Waals surface area contributed by atoms with Gasteiger partial charge in [0.15, 0.2) is 0 Å². The van der Waals surface area contributed by atoms with E-state index in [1.54, 1.807) is 0 Å². The summed E-state index contributed by atoms with van der Waals surface area (Å²) in [6, 6.07) is 8.93. The molecule has 1 heterocycles. The lowest BCUT2D eigenvalue weighted by atomic mass is 10.0. The number of aromatic nitrogens is 4. The minimum absolute atomic E-state index is 0.0466. The van der Waals surface area contributed by atoms with Crippen molar-refractivity contribution in [3.63, 3.8) is 0 Å². The summed E-state index contributed by atoms with van der Waals surface area (Å²) in [7, 11) is 0. The molecule has 82 valence electrons. The van der Waals surface area contributed by atoms with Crippen molar-refractivity contribution in [3.05, 3.63) is 42.2 Å². The highest BCUT2D eigenvalue weighted by atomic mass is 16.4. The first-order valence-electron chi connectivity index (χ1n) is 4.76. The molecule has 0 aliphatic rings. The summed E-state index contributed by atoms with van der Waals surface area (Å²) < 4.78 is 1.45. The minimum Gasteiger partial charge on any atom is -0.481 e. The van der Waals surface area contributed by atoms with Crippen molar-refractivity contribution in [1.29, 1.82) is 0 Å². The van der Waals surface area contributed by atoms with Crippen LogP contribution in [0, 0.1) is 0 Å². The summed E-state index contributed by atoms with van der Waals surface area (Å²) in [5.41, 5.74) is 0.872. The van der Waals surface area contributed by atoms with Crippen LogP contribution in [0.1, 0.15) is 18.0 Å².